The predicted octanol–water partition coefficient (Wildman–Crippen LogP) is -1.05. The van der Waals surface area contributed by atoms with Gasteiger partial charge >= 0.3 is 5.96 Å². The Hall–Kier alpha value is -0.730. The van der Waals surface area contributed by atoms with E-state index in [2.05, 4.69) is 15.2 Å². The van der Waals surface area contributed by atoms with Gasteiger partial charge in [-0.3, -0.25) is 15.2 Å². The first kappa shape index (κ1) is 5.09. The number of guanidine groups is 1. The predicted molar refractivity (Wildman–Crippen MR) is 35.6 cm³/mol. The maximum atomic E-state index is 3.31. The molecule has 2 heterocycles. The fraction of sp³-hybridized carbons (Fsp3) is 0.833. The van der Waals surface area contributed by atoms with Crippen LogP contribution in [0.5, 0.6) is 0 Å². The molecule has 0 aromatic carbocycles. The van der Waals surface area contributed by atoms with Gasteiger partial charge < -0.3 is 0 Å². The first-order chi connectivity index (χ1) is 4.47. The third-order valence-corrected chi connectivity index (χ3v) is 1.89. The number of rotatable bonds is 0. The van der Waals surface area contributed by atoms with E-state index in [1.54, 1.807) is 0 Å². The Bertz CT molecular complexity index is 134. The molecular formula is C6H12N3+. The van der Waals surface area contributed by atoms with Crippen molar-refractivity contribution >= 4 is 5.96 Å². The molecule has 50 valence electrons. The van der Waals surface area contributed by atoms with Gasteiger partial charge in [0.25, 0.3) is 0 Å². The summed E-state index contributed by atoms with van der Waals surface area (Å²) < 4.78 is 2.36. The van der Waals surface area contributed by atoms with Crippen molar-refractivity contribution in [2.45, 2.75) is 6.42 Å². The summed E-state index contributed by atoms with van der Waals surface area (Å²) in [6.07, 6.45) is 1.28. The number of hydrogen-bond acceptors (Lipinski definition) is 2. The van der Waals surface area contributed by atoms with Gasteiger partial charge in [-0.1, -0.05) is 0 Å². The lowest BCUT2D eigenvalue weighted by Crippen LogP contribution is -2.42. The van der Waals surface area contributed by atoms with E-state index in [4.69, 9.17) is 0 Å². The highest BCUT2D eigenvalue weighted by Gasteiger charge is 2.21. The third kappa shape index (κ3) is 0.763. The van der Waals surface area contributed by atoms with Crippen LogP contribution in [0.25, 0.3) is 0 Å². The second-order valence-electron chi connectivity index (χ2n) is 2.54. The summed E-state index contributed by atoms with van der Waals surface area (Å²) in [5.74, 6) is 1.25. The van der Waals surface area contributed by atoms with Crippen molar-refractivity contribution in [3.8, 4) is 0 Å². The Morgan fingerprint density at radius 3 is 2.89 bits per heavy atom. The van der Waals surface area contributed by atoms with E-state index in [0.717, 1.165) is 13.1 Å². The van der Waals surface area contributed by atoms with E-state index in [-0.39, 0.29) is 0 Å². The molecule has 0 saturated carbocycles. The lowest BCUT2D eigenvalue weighted by atomic mass is 10.4. The molecule has 0 aliphatic carbocycles. The molecule has 0 atom stereocenters. The van der Waals surface area contributed by atoms with Crippen LogP contribution in [0.1, 0.15) is 6.42 Å². The second kappa shape index (κ2) is 1.90. The summed E-state index contributed by atoms with van der Waals surface area (Å²) in [5.41, 5.74) is 0. The van der Waals surface area contributed by atoms with E-state index in [0.29, 0.717) is 0 Å². The van der Waals surface area contributed by atoms with E-state index in [1.807, 2.05) is 0 Å². The zero-order valence-electron chi connectivity index (χ0n) is 5.48. The maximum absolute atomic E-state index is 3.31. The molecule has 0 aromatic rings. The molecule has 0 bridgehead atoms. The summed E-state index contributed by atoms with van der Waals surface area (Å²) in [6, 6.07) is 0. The summed E-state index contributed by atoms with van der Waals surface area (Å²) in [6.45, 7) is 4.67. The molecule has 0 spiro atoms. The number of hydrogen-bond donors (Lipinski definition) is 2. The molecule has 9 heavy (non-hydrogen) atoms. The Balaban J connectivity index is 2.17. The Morgan fingerprint density at radius 1 is 1.11 bits per heavy atom. The van der Waals surface area contributed by atoms with Gasteiger partial charge in [0, 0.05) is 6.42 Å². The van der Waals surface area contributed by atoms with Crippen molar-refractivity contribution < 1.29 is 4.58 Å². The first-order valence-corrected chi connectivity index (χ1v) is 3.56. The average molecular weight is 126 g/mol. The van der Waals surface area contributed by atoms with Crippen molar-refractivity contribution in [3.63, 3.8) is 0 Å². The summed E-state index contributed by atoms with van der Waals surface area (Å²) in [5, 5.41) is 6.60. The normalized spacial score (nSPS) is 24.9. The third-order valence-electron chi connectivity index (χ3n) is 1.89. The zero-order valence-corrected chi connectivity index (χ0v) is 5.48. The first-order valence-electron chi connectivity index (χ1n) is 3.56. The van der Waals surface area contributed by atoms with E-state index >= 15 is 0 Å². The van der Waals surface area contributed by atoms with Gasteiger partial charge in [-0.15, -0.1) is 0 Å². The van der Waals surface area contributed by atoms with Crippen molar-refractivity contribution in [2.75, 3.05) is 26.2 Å². The van der Waals surface area contributed by atoms with Crippen LogP contribution in [0.15, 0.2) is 0 Å². The monoisotopic (exact) mass is 126 g/mol. The van der Waals surface area contributed by atoms with Gasteiger partial charge in [-0.25, -0.2) is 0 Å². The van der Waals surface area contributed by atoms with Crippen LogP contribution in [0.3, 0.4) is 0 Å². The average Bonchev–Trinajstić information content (AvgIpc) is 2.33. The zero-order chi connectivity index (χ0) is 6.10. The topological polar surface area (TPSA) is 27.1 Å². The lowest BCUT2D eigenvalue weighted by molar-refractivity contribution is -0.523. The minimum Gasteiger partial charge on any atom is -0.278 e. The smallest absolute Gasteiger partial charge is 0.278 e. The molecule has 3 heteroatoms. The highest BCUT2D eigenvalue weighted by Crippen LogP contribution is 1.92. The minimum absolute atomic E-state index is 1.11. The van der Waals surface area contributed by atoms with Crippen LogP contribution >= 0.6 is 0 Å². The van der Waals surface area contributed by atoms with Gasteiger partial charge in [0.2, 0.25) is 0 Å². The fourth-order valence-electron chi connectivity index (χ4n) is 1.41. The Morgan fingerprint density at radius 2 is 2.00 bits per heavy atom. The van der Waals surface area contributed by atoms with Crippen LogP contribution in [-0.4, -0.2) is 36.7 Å². The molecule has 0 radical (unpaired) electrons. The molecule has 2 aliphatic heterocycles. The van der Waals surface area contributed by atoms with Crippen LogP contribution < -0.4 is 10.6 Å². The van der Waals surface area contributed by atoms with Crippen LogP contribution in [0, 0.1) is 0 Å². The molecule has 2 rings (SSSR count). The quantitative estimate of drug-likeness (QED) is 0.405. The largest absolute Gasteiger partial charge is 0.345 e. The molecule has 0 aromatic heterocycles. The van der Waals surface area contributed by atoms with Gasteiger partial charge in [-0.05, 0) is 0 Å². The van der Waals surface area contributed by atoms with Crippen molar-refractivity contribution in [1.29, 1.82) is 0 Å². The lowest BCUT2D eigenvalue weighted by Gasteiger charge is -2.10. The van der Waals surface area contributed by atoms with E-state index < -0.39 is 0 Å². The van der Waals surface area contributed by atoms with Crippen LogP contribution in [0.2, 0.25) is 0 Å². The van der Waals surface area contributed by atoms with Crippen molar-refractivity contribution in [2.24, 2.45) is 0 Å². The molecule has 0 unspecified atom stereocenters. The van der Waals surface area contributed by atoms with Crippen LogP contribution in [-0.2, 0) is 0 Å². The molecule has 0 saturated heterocycles. The van der Waals surface area contributed by atoms with Crippen molar-refractivity contribution in [3.05, 3.63) is 0 Å². The summed E-state index contributed by atoms with van der Waals surface area (Å²) in [4.78, 5) is 0. The Kier molecular flexibility index (Phi) is 1.07. The molecular weight excluding hydrogens is 114 g/mol. The summed E-state index contributed by atoms with van der Waals surface area (Å²) in [7, 11) is 0. The SMILES string of the molecule is C1CNC2=[N+](C1)CCN2. The highest BCUT2D eigenvalue weighted by molar-refractivity contribution is 5.75. The maximum Gasteiger partial charge on any atom is 0.345 e. The molecule has 2 aliphatic rings. The van der Waals surface area contributed by atoms with E-state index in [1.165, 1.54) is 25.5 Å². The number of nitrogens with zero attached hydrogens (tertiary/aromatic N) is 1. The fourth-order valence-corrected chi connectivity index (χ4v) is 1.41. The Labute approximate surface area is 54.8 Å². The molecule has 0 fully saturated rings. The van der Waals surface area contributed by atoms with Gasteiger partial charge in [-0.2, -0.15) is 0 Å². The van der Waals surface area contributed by atoms with Gasteiger partial charge in [0.05, 0.1) is 26.2 Å². The van der Waals surface area contributed by atoms with Crippen LogP contribution in [0.4, 0.5) is 0 Å². The number of nitrogens with one attached hydrogen (secondary N) is 2. The standard InChI is InChI=1S/C6H11N3/c1-2-7-6-8-3-5-9(6)4-1/h1-5H2,(H,7,8)/p+1. The molecule has 0 amide bonds. The molecule has 2 N–H and O–H groups in total. The second-order valence-corrected chi connectivity index (χ2v) is 2.54. The van der Waals surface area contributed by atoms with Crippen molar-refractivity contribution in [1.82, 2.24) is 10.6 Å². The highest BCUT2D eigenvalue weighted by atomic mass is 15.3. The minimum atomic E-state index is 1.11. The molecule has 3 nitrogen and oxygen atoms in total. The van der Waals surface area contributed by atoms with Gasteiger partial charge in [0.15, 0.2) is 0 Å². The van der Waals surface area contributed by atoms with Gasteiger partial charge in [0.1, 0.15) is 0 Å². The van der Waals surface area contributed by atoms with E-state index in [9.17, 15) is 0 Å². The summed E-state index contributed by atoms with van der Waals surface area (Å²) >= 11 is 0.